The van der Waals surface area contributed by atoms with Gasteiger partial charge in [0.1, 0.15) is 0 Å². The average molecular weight is 113 g/mol. The quantitative estimate of drug-likeness (QED) is 0.332. The van der Waals surface area contributed by atoms with Crippen LogP contribution < -0.4 is 4.85 Å². The summed E-state index contributed by atoms with van der Waals surface area (Å²) in [7, 11) is 1.60. The van der Waals surface area contributed by atoms with Crippen molar-refractivity contribution in [2.24, 2.45) is 7.05 Å². The van der Waals surface area contributed by atoms with Crippen LogP contribution in [-0.4, -0.2) is 9.90 Å². The van der Waals surface area contributed by atoms with Gasteiger partial charge in [0.2, 0.25) is 5.69 Å². The molecule has 0 unspecified atom stereocenters. The van der Waals surface area contributed by atoms with Crippen molar-refractivity contribution in [1.82, 2.24) is 9.90 Å². The zero-order valence-corrected chi connectivity index (χ0v) is 4.83. The third kappa shape index (κ3) is 0.641. The van der Waals surface area contributed by atoms with Gasteiger partial charge in [-0.3, -0.25) is 0 Å². The molecule has 0 saturated heterocycles. The Labute approximate surface area is 46.9 Å². The highest BCUT2D eigenvalue weighted by Gasteiger charge is 1.99. The van der Waals surface area contributed by atoms with Crippen molar-refractivity contribution in [2.75, 3.05) is 0 Å². The molecule has 1 aromatic heterocycles. The van der Waals surface area contributed by atoms with Crippen LogP contribution in [0.3, 0.4) is 0 Å². The highest BCUT2D eigenvalue weighted by atomic mass is 16.5. The lowest BCUT2D eigenvalue weighted by Gasteiger charge is -1.93. The van der Waals surface area contributed by atoms with E-state index >= 15 is 0 Å². The van der Waals surface area contributed by atoms with Crippen molar-refractivity contribution in [2.45, 2.75) is 6.92 Å². The van der Waals surface area contributed by atoms with E-state index in [1.54, 1.807) is 14.0 Å². The van der Waals surface area contributed by atoms with Gasteiger partial charge >= 0.3 is 0 Å². The van der Waals surface area contributed by atoms with Crippen LogP contribution >= 0.6 is 0 Å². The Morgan fingerprint density at radius 1 is 1.88 bits per heavy atom. The molecule has 0 aliphatic rings. The van der Waals surface area contributed by atoms with Crippen LogP contribution in [0, 0.1) is 12.1 Å². The molecular formula is C4H7N3O. The summed E-state index contributed by atoms with van der Waals surface area (Å²) in [4.78, 5) is 1.91. The van der Waals surface area contributed by atoms with Crippen LogP contribution in [0.4, 0.5) is 0 Å². The standard InChI is InChI=1S/C4H7N3O/c1-4-3-7(8)6(2)5-4/h3H,1-2H3. The third-order valence-corrected chi connectivity index (χ3v) is 0.885. The summed E-state index contributed by atoms with van der Waals surface area (Å²) < 4.78 is 0. The van der Waals surface area contributed by atoms with Gasteiger partial charge in [0.15, 0.2) is 6.20 Å². The fraction of sp³-hybridized carbons (Fsp3) is 0.500. The predicted octanol–water partition coefficient (Wildman–Crippen LogP) is -0.638. The molecule has 4 nitrogen and oxygen atoms in total. The molecule has 0 spiro atoms. The van der Waals surface area contributed by atoms with Crippen LogP contribution in [0.5, 0.6) is 0 Å². The second kappa shape index (κ2) is 1.47. The van der Waals surface area contributed by atoms with E-state index in [0.717, 1.165) is 5.69 Å². The maximum atomic E-state index is 10.5. The lowest BCUT2D eigenvalue weighted by atomic mass is 10.6. The minimum absolute atomic E-state index is 0.676. The molecule has 4 heteroatoms. The number of nitrogens with zero attached hydrogens (tertiary/aromatic N) is 3. The van der Waals surface area contributed by atoms with E-state index in [0.29, 0.717) is 4.85 Å². The molecule has 0 aliphatic carbocycles. The summed E-state index contributed by atoms with van der Waals surface area (Å²) in [5.41, 5.74) is 0.738. The molecule has 0 saturated carbocycles. The number of hydrogen-bond donors (Lipinski definition) is 0. The Balaban J connectivity index is 3.14. The van der Waals surface area contributed by atoms with Gasteiger partial charge in [0.05, 0.1) is 7.05 Å². The van der Waals surface area contributed by atoms with E-state index in [-0.39, 0.29) is 0 Å². The average Bonchev–Trinajstić information content (AvgIpc) is 1.85. The van der Waals surface area contributed by atoms with Crippen molar-refractivity contribution in [3.05, 3.63) is 17.1 Å². The van der Waals surface area contributed by atoms with Gasteiger partial charge in [-0.05, 0) is 4.80 Å². The fourth-order valence-corrected chi connectivity index (χ4v) is 0.542. The van der Waals surface area contributed by atoms with Crippen LogP contribution in [0.1, 0.15) is 5.69 Å². The van der Waals surface area contributed by atoms with Crippen LogP contribution in [0.2, 0.25) is 0 Å². The first-order valence-electron chi connectivity index (χ1n) is 2.30. The van der Waals surface area contributed by atoms with Crippen LogP contribution in [-0.2, 0) is 7.05 Å². The number of hydrogen-bond acceptors (Lipinski definition) is 2. The monoisotopic (exact) mass is 113 g/mol. The minimum atomic E-state index is 0.676. The second-order valence-electron chi connectivity index (χ2n) is 1.66. The largest absolute Gasteiger partial charge is 0.693 e. The normalized spacial score (nSPS) is 9.75. The summed E-state index contributed by atoms with van der Waals surface area (Å²) in [6.45, 7) is 1.77. The van der Waals surface area contributed by atoms with E-state index in [4.69, 9.17) is 0 Å². The molecule has 1 rings (SSSR count). The van der Waals surface area contributed by atoms with E-state index in [1.165, 1.54) is 11.0 Å². The number of rotatable bonds is 0. The molecule has 1 heterocycles. The Morgan fingerprint density at radius 3 is 2.62 bits per heavy atom. The fourth-order valence-electron chi connectivity index (χ4n) is 0.542. The van der Waals surface area contributed by atoms with Crippen molar-refractivity contribution in [3.63, 3.8) is 0 Å². The maximum Gasteiger partial charge on any atom is 0.216 e. The Kier molecular flexibility index (Phi) is 0.932. The molecule has 0 N–H and O–H groups in total. The van der Waals surface area contributed by atoms with Gasteiger partial charge in [-0.2, -0.15) is 4.85 Å². The van der Waals surface area contributed by atoms with Gasteiger partial charge in [0.25, 0.3) is 0 Å². The summed E-state index contributed by atoms with van der Waals surface area (Å²) in [5, 5.41) is 14.2. The number of aromatic nitrogens is 3. The second-order valence-corrected chi connectivity index (χ2v) is 1.66. The van der Waals surface area contributed by atoms with Crippen molar-refractivity contribution in [1.29, 1.82) is 0 Å². The van der Waals surface area contributed by atoms with Crippen molar-refractivity contribution < 1.29 is 4.85 Å². The van der Waals surface area contributed by atoms with Crippen LogP contribution in [0.25, 0.3) is 0 Å². The first-order valence-corrected chi connectivity index (χ1v) is 2.30. The van der Waals surface area contributed by atoms with Gasteiger partial charge in [0, 0.05) is 12.0 Å². The van der Waals surface area contributed by atoms with E-state index in [9.17, 15) is 5.21 Å². The van der Waals surface area contributed by atoms with Gasteiger partial charge < -0.3 is 5.21 Å². The summed E-state index contributed by atoms with van der Waals surface area (Å²) in [6, 6.07) is 0. The smallest absolute Gasteiger partial charge is 0.216 e. The summed E-state index contributed by atoms with van der Waals surface area (Å²) in [6.07, 6.45) is 1.42. The molecule has 0 radical (unpaired) electrons. The molecular weight excluding hydrogens is 106 g/mol. The minimum Gasteiger partial charge on any atom is -0.693 e. The van der Waals surface area contributed by atoms with Gasteiger partial charge in [-0.15, -0.1) is 0 Å². The molecule has 0 fully saturated rings. The Bertz CT molecular complexity index is 174. The highest BCUT2D eigenvalue weighted by Crippen LogP contribution is 1.79. The van der Waals surface area contributed by atoms with Crippen LogP contribution in [0.15, 0.2) is 6.20 Å². The first kappa shape index (κ1) is 5.08. The lowest BCUT2D eigenvalue weighted by molar-refractivity contribution is -0.696. The molecule has 0 bridgehead atoms. The molecule has 0 aliphatic heterocycles. The Morgan fingerprint density at radius 2 is 2.50 bits per heavy atom. The van der Waals surface area contributed by atoms with Gasteiger partial charge in [-0.25, -0.2) is 0 Å². The van der Waals surface area contributed by atoms with E-state index in [2.05, 4.69) is 5.10 Å². The lowest BCUT2D eigenvalue weighted by Crippen LogP contribution is -2.34. The molecule has 0 aromatic carbocycles. The topological polar surface area (TPSA) is 44.8 Å². The molecule has 8 heavy (non-hydrogen) atoms. The Hall–Kier alpha value is -1.06. The van der Waals surface area contributed by atoms with E-state index in [1.807, 2.05) is 0 Å². The SMILES string of the molecule is Cc1c[n+]([O-])n(C)n1. The molecule has 44 valence electrons. The maximum absolute atomic E-state index is 10.5. The van der Waals surface area contributed by atoms with Crippen molar-refractivity contribution in [3.8, 4) is 0 Å². The zero-order chi connectivity index (χ0) is 6.15. The predicted molar refractivity (Wildman–Crippen MR) is 26.9 cm³/mol. The molecule has 1 aromatic rings. The number of aryl methyl sites for hydroxylation is 2. The summed E-state index contributed by atoms with van der Waals surface area (Å²) in [5.74, 6) is 0. The highest BCUT2D eigenvalue weighted by molar-refractivity contribution is 4.79. The van der Waals surface area contributed by atoms with E-state index < -0.39 is 0 Å². The van der Waals surface area contributed by atoms with Gasteiger partial charge in [-0.1, -0.05) is 0 Å². The molecule has 0 atom stereocenters. The zero-order valence-electron chi connectivity index (χ0n) is 4.83. The summed E-state index contributed by atoms with van der Waals surface area (Å²) >= 11 is 0. The third-order valence-electron chi connectivity index (χ3n) is 0.885. The van der Waals surface area contributed by atoms with Crippen molar-refractivity contribution >= 4 is 0 Å². The molecule has 0 amide bonds. The first-order chi connectivity index (χ1) is 3.70.